The topological polar surface area (TPSA) is 48.7 Å². The maximum atomic E-state index is 5.63. The van der Waals surface area contributed by atoms with Gasteiger partial charge in [0.05, 0.1) is 5.69 Å². The van der Waals surface area contributed by atoms with Gasteiger partial charge in [0, 0.05) is 23.1 Å². The fraction of sp³-hybridized carbons (Fsp3) is 0.250. The van der Waals surface area contributed by atoms with E-state index >= 15 is 0 Å². The van der Waals surface area contributed by atoms with Crippen molar-refractivity contribution in [3.63, 3.8) is 0 Å². The van der Waals surface area contributed by atoms with Crippen molar-refractivity contribution < 1.29 is 9.47 Å². The minimum atomic E-state index is 0.585. The summed E-state index contributed by atoms with van der Waals surface area (Å²) in [6.45, 7) is 5.22. The summed E-state index contributed by atoms with van der Waals surface area (Å²) in [5.41, 5.74) is 3.98. The van der Waals surface area contributed by atoms with Crippen molar-refractivity contribution in [2.45, 2.75) is 13.8 Å². The highest BCUT2D eigenvalue weighted by Crippen LogP contribution is 2.34. The third kappa shape index (κ3) is 2.01. The SMILES string of the molecule is Cc1cc(C)n2cc(-c3ccc4c(c3)OCCO4)nc2n1. The van der Waals surface area contributed by atoms with Gasteiger partial charge in [0.2, 0.25) is 5.78 Å². The minimum absolute atomic E-state index is 0.585. The lowest BCUT2D eigenvalue weighted by Gasteiger charge is -2.18. The molecule has 0 bridgehead atoms. The zero-order chi connectivity index (χ0) is 14.4. The van der Waals surface area contributed by atoms with Crippen molar-refractivity contribution in [2.75, 3.05) is 13.2 Å². The highest BCUT2D eigenvalue weighted by Gasteiger charge is 2.14. The van der Waals surface area contributed by atoms with Gasteiger partial charge in [-0.2, -0.15) is 0 Å². The van der Waals surface area contributed by atoms with E-state index in [1.165, 1.54) is 0 Å². The van der Waals surface area contributed by atoms with Crippen LogP contribution in [0.4, 0.5) is 0 Å². The molecule has 5 heteroatoms. The number of aromatic nitrogens is 3. The molecule has 0 N–H and O–H groups in total. The maximum absolute atomic E-state index is 5.63. The van der Waals surface area contributed by atoms with Gasteiger partial charge in [0.25, 0.3) is 0 Å². The molecule has 2 aromatic heterocycles. The van der Waals surface area contributed by atoms with Crippen LogP contribution in [-0.2, 0) is 0 Å². The summed E-state index contributed by atoms with van der Waals surface area (Å²) in [5.74, 6) is 2.29. The molecular formula is C16H15N3O2. The first-order chi connectivity index (χ1) is 10.2. The van der Waals surface area contributed by atoms with Crippen LogP contribution in [0, 0.1) is 13.8 Å². The second kappa shape index (κ2) is 4.48. The number of ether oxygens (including phenoxy) is 2. The van der Waals surface area contributed by atoms with Crippen LogP contribution in [0.2, 0.25) is 0 Å². The van der Waals surface area contributed by atoms with E-state index in [9.17, 15) is 0 Å². The molecule has 3 heterocycles. The molecule has 4 rings (SSSR count). The molecule has 0 amide bonds. The van der Waals surface area contributed by atoms with Gasteiger partial charge in [-0.1, -0.05) is 0 Å². The summed E-state index contributed by atoms with van der Waals surface area (Å²) >= 11 is 0. The molecule has 0 saturated heterocycles. The summed E-state index contributed by atoms with van der Waals surface area (Å²) in [6, 6.07) is 7.94. The van der Waals surface area contributed by atoms with Crippen LogP contribution in [0.15, 0.2) is 30.5 Å². The first kappa shape index (κ1) is 12.2. The van der Waals surface area contributed by atoms with Crippen molar-refractivity contribution in [1.82, 2.24) is 14.4 Å². The Bertz CT molecular complexity index is 839. The number of aryl methyl sites for hydroxylation is 2. The van der Waals surface area contributed by atoms with Crippen LogP contribution in [0.25, 0.3) is 17.0 Å². The van der Waals surface area contributed by atoms with Crippen LogP contribution < -0.4 is 9.47 Å². The first-order valence-corrected chi connectivity index (χ1v) is 6.94. The Morgan fingerprint density at radius 2 is 1.81 bits per heavy atom. The van der Waals surface area contributed by atoms with Gasteiger partial charge in [-0.05, 0) is 38.1 Å². The number of hydrogen-bond acceptors (Lipinski definition) is 4. The number of imidazole rings is 1. The Morgan fingerprint density at radius 3 is 2.67 bits per heavy atom. The molecule has 0 aliphatic carbocycles. The van der Waals surface area contributed by atoms with E-state index in [1.807, 2.05) is 41.8 Å². The van der Waals surface area contributed by atoms with E-state index in [-0.39, 0.29) is 0 Å². The van der Waals surface area contributed by atoms with Gasteiger partial charge in [-0.15, -0.1) is 0 Å². The molecule has 0 radical (unpaired) electrons. The van der Waals surface area contributed by atoms with Crippen molar-refractivity contribution in [2.24, 2.45) is 0 Å². The Hall–Kier alpha value is -2.56. The molecule has 0 saturated carbocycles. The molecule has 1 aromatic carbocycles. The zero-order valence-electron chi connectivity index (χ0n) is 12.0. The van der Waals surface area contributed by atoms with Gasteiger partial charge >= 0.3 is 0 Å². The van der Waals surface area contributed by atoms with E-state index in [1.54, 1.807) is 0 Å². The van der Waals surface area contributed by atoms with Gasteiger partial charge in [-0.3, -0.25) is 4.40 Å². The molecule has 1 aliphatic rings. The number of hydrogen-bond donors (Lipinski definition) is 0. The lowest BCUT2D eigenvalue weighted by molar-refractivity contribution is 0.171. The third-order valence-corrected chi connectivity index (χ3v) is 3.60. The normalized spacial score (nSPS) is 13.6. The molecule has 0 spiro atoms. The minimum Gasteiger partial charge on any atom is -0.486 e. The summed E-state index contributed by atoms with van der Waals surface area (Å²) in [7, 11) is 0. The Morgan fingerprint density at radius 1 is 1.00 bits per heavy atom. The number of rotatable bonds is 1. The van der Waals surface area contributed by atoms with Crippen LogP contribution in [-0.4, -0.2) is 27.6 Å². The fourth-order valence-electron chi connectivity index (χ4n) is 2.61. The van der Waals surface area contributed by atoms with Gasteiger partial charge in [0.1, 0.15) is 13.2 Å². The average Bonchev–Trinajstić information content (AvgIpc) is 2.91. The number of benzene rings is 1. The Balaban J connectivity index is 1.84. The van der Waals surface area contributed by atoms with Gasteiger partial charge < -0.3 is 9.47 Å². The van der Waals surface area contributed by atoms with Gasteiger partial charge in [0.15, 0.2) is 11.5 Å². The molecule has 21 heavy (non-hydrogen) atoms. The van der Waals surface area contributed by atoms with Crippen molar-refractivity contribution in [3.05, 3.63) is 41.9 Å². The molecule has 0 unspecified atom stereocenters. The molecule has 0 atom stereocenters. The summed E-state index contributed by atoms with van der Waals surface area (Å²) in [5, 5.41) is 0. The highest BCUT2D eigenvalue weighted by molar-refractivity contribution is 5.65. The second-order valence-electron chi connectivity index (χ2n) is 5.19. The molecule has 1 aliphatic heterocycles. The van der Waals surface area contributed by atoms with Crippen LogP contribution in [0.1, 0.15) is 11.4 Å². The van der Waals surface area contributed by atoms with Crippen LogP contribution in [0.3, 0.4) is 0 Å². The Labute approximate surface area is 122 Å². The smallest absolute Gasteiger partial charge is 0.234 e. The molecule has 0 fully saturated rings. The van der Waals surface area contributed by atoms with Crippen molar-refractivity contribution in [3.8, 4) is 22.8 Å². The first-order valence-electron chi connectivity index (χ1n) is 6.94. The summed E-state index contributed by atoms with van der Waals surface area (Å²) in [4.78, 5) is 9.08. The second-order valence-corrected chi connectivity index (χ2v) is 5.19. The maximum Gasteiger partial charge on any atom is 0.234 e. The molecule has 106 valence electrons. The fourth-order valence-corrected chi connectivity index (χ4v) is 2.61. The molecule has 3 aromatic rings. The van der Waals surface area contributed by atoms with Crippen molar-refractivity contribution >= 4 is 5.78 Å². The lowest BCUT2D eigenvalue weighted by atomic mass is 10.1. The van der Waals surface area contributed by atoms with Gasteiger partial charge in [-0.25, -0.2) is 9.97 Å². The number of nitrogens with zero attached hydrogens (tertiary/aromatic N) is 3. The standard InChI is InChI=1S/C16H15N3O2/c1-10-7-11(2)19-9-13(18-16(19)17-10)12-3-4-14-15(8-12)21-6-5-20-14/h3-4,7-9H,5-6H2,1-2H3. The van der Waals surface area contributed by atoms with E-state index in [4.69, 9.17) is 9.47 Å². The van der Waals surface area contributed by atoms with E-state index in [0.717, 1.165) is 39.9 Å². The Kier molecular flexibility index (Phi) is 2.60. The zero-order valence-corrected chi connectivity index (χ0v) is 12.0. The van der Waals surface area contributed by atoms with E-state index in [0.29, 0.717) is 13.2 Å². The van der Waals surface area contributed by atoms with Crippen molar-refractivity contribution in [1.29, 1.82) is 0 Å². The molecular weight excluding hydrogens is 266 g/mol. The van der Waals surface area contributed by atoms with E-state index < -0.39 is 0 Å². The van der Waals surface area contributed by atoms with Crippen LogP contribution in [0.5, 0.6) is 11.5 Å². The average molecular weight is 281 g/mol. The quantitative estimate of drug-likeness (QED) is 0.688. The monoisotopic (exact) mass is 281 g/mol. The van der Waals surface area contributed by atoms with Crippen LogP contribution >= 0.6 is 0 Å². The third-order valence-electron chi connectivity index (χ3n) is 3.60. The summed E-state index contributed by atoms with van der Waals surface area (Å²) in [6.07, 6.45) is 2.00. The number of fused-ring (bicyclic) bond motifs is 2. The predicted octanol–water partition coefficient (Wildman–Crippen LogP) is 2.78. The summed E-state index contributed by atoms with van der Waals surface area (Å²) < 4.78 is 13.2. The molecule has 5 nitrogen and oxygen atoms in total. The highest BCUT2D eigenvalue weighted by atomic mass is 16.6. The largest absolute Gasteiger partial charge is 0.486 e. The van der Waals surface area contributed by atoms with E-state index in [2.05, 4.69) is 16.9 Å². The lowest BCUT2D eigenvalue weighted by Crippen LogP contribution is -2.15. The predicted molar refractivity (Wildman–Crippen MR) is 78.9 cm³/mol.